The first-order valence-corrected chi connectivity index (χ1v) is 4.42. The zero-order chi connectivity index (χ0) is 10.1. The van der Waals surface area contributed by atoms with Crippen LogP contribution in [0.2, 0.25) is 0 Å². The van der Waals surface area contributed by atoms with Gasteiger partial charge in [-0.2, -0.15) is 0 Å². The van der Waals surface area contributed by atoms with Crippen LogP contribution in [0, 0.1) is 5.92 Å². The highest BCUT2D eigenvalue weighted by Crippen LogP contribution is 1.99. The average molecular weight is 175 g/mol. The number of methoxy groups -OCH3 is 1. The number of nitrogens with one attached hydrogen (secondary N) is 1. The maximum Gasteiger partial charge on any atom is 0.407 e. The van der Waals surface area contributed by atoms with Gasteiger partial charge in [0.05, 0.1) is 7.11 Å². The highest BCUT2D eigenvalue weighted by Gasteiger charge is 2.09. The van der Waals surface area contributed by atoms with Crippen molar-refractivity contribution in [3.8, 4) is 0 Å². The van der Waals surface area contributed by atoms with Crippen LogP contribution in [0.15, 0.2) is 0 Å². The Morgan fingerprint density at radius 2 is 1.67 bits per heavy atom. The van der Waals surface area contributed by atoms with Crippen LogP contribution in [-0.4, -0.2) is 19.2 Å². The SMILES string of the molecule is CC.COC(=O)NC(C)C(C)C. The Labute approximate surface area is 75.5 Å². The number of hydrogen-bond acceptors (Lipinski definition) is 2. The van der Waals surface area contributed by atoms with E-state index in [0.29, 0.717) is 5.92 Å². The van der Waals surface area contributed by atoms with Crippen molar-refractivity contribution in [3.05, 3.63) is 0 Å². The molecule has 0 aromatic heterocycles. The third-order valence-corrected chi connectivity index (χ3v) is 1.53. The molecular formula is C9H21NO2. The normalized spacial score (nSPS) is 11.2. The Kier molecular flexibility index (Phi) is 9.65. The van der Waals surface area contributed by atoms with Crippen molar-refractivity contribution in [3.63, 3.8) is 0 Å². The predicted octanol–water partition coefficient (Wildman–Crippen LogP) is 2.41. The van der Waals surface area contributed by atoms with Gasteiger partial charge >= 0.3 is 6.09 Å². The lowest BCUT2D eigenvalue weighted by molar-refractivity contribution is 0.164. The van der Waals surface area contributed by atoms with E-state index in [-0.39, 0.29) is 12.1 Å². The van der Waals surface area contributed by atoms with E-state index in [9.17, 15) is 4.79 Å². The Hall–Kier alpha value is -0.730. The second kappa shape index (κ2) is 8.37. The largest absolute Gasteiger partial charge is 0.453 e. The number of ether oxygens (including phenoxy) is 1. The Morgan fingerprint density at radius 1 is 1.25 bits per heavy atom. The van der Waals surface area contributed by atoms with Gasteiger partial charge < -0.3 is 10.1 Å². The number of amides is 1. The molecule has 0 saturated heterocycles. The molecule has 0 saturated carbocycles. The molecule has 0 aliphatic rings. The summed E-state index contributed by atoms with van der Waals surface area (Å²) >= 11 is 0. The maximum atomic E-state index is 10.6. The summed E-state index contributed by atoms with van der Waals surface area (Å²) in [7, 11) is 1.36. The van der Waals surface area contributed by atoms with E-state index in [4.69, 9.17) is 0 Å². The van der Waals surface area contributed by atoms with Gasteiger partial charge in [-0.25, -0.2) is 4.79 Å². The van der Waals surface area contributed by atoms with Crippen molar-refractivity contribution >= 4 is 6.09 Å². The van der Waals surface area contributed by atoms with Crippen molar-refractivity contribution in [1.82, 2.24) is 5.32 Å². The van der Waals surface area contributed by atoms with E-state index in [1.807, 2.05) is 34.6 Å². The fourth-order valence-electron chi connectivity index (χ4n) is 0.411. The second-order valence-corrected chi connectivity index (χ2v) is 2.67. The summed E-state index contributed by atoms with van der Waals surface area (Å²) in [6, 6.07) is 0.174. The van der Waals surface area contributed by atoms with E-state index in [0.717, 1.165) is 0 Å². The molecule has 0 aliphatic heterocycles. The van der Waals surface area contributed by atoms with Crippen molar-refractivity contribution < 1.29 is 9.53 Å². The van der Waals surface area contributed by atoms with Crippen LogP contribution >= 0.6 is 0 Å². The summed E-state index contributed by atoms with van der Waals surface area (Å²) in [5.41, 5.74) is 0. The van der Waals surface area contributed by atoms with Gasteiger partial charge in [-0.05, 0) is 12.8 Å². The second-order valence-electron chi connectivity index (χ2n) is 2.67. The fraction of sp³-hybridized carbons (Fsp3) is 0.889. The standard InChI is InChI=1S/C7H15NO2.C2H6/c1-5(2)6(3)8-7(9)10-4;1-2/h5-6H,1-4H3,(H,8,9);1-2H3. The van der Waals surface area contributed by atoms with Gasteiger partial charge in [0.1, 0.15) is 0 Å². The monoisotopic (exact) mass is 175 g/mol. The molecule has 1 unspecified atom stereocenters. The first kappa shape index (κ1) is 13.8. The Balaban J connectivity index is 0. The van der Waals surface area contributed by atoms with Gasteiger partial charge in [0.15, 0.2) is 0 Å². The van der Waals surface area contributed by atoms with E-state index in [2.05, 4.69) is 10.1 Å². The summed E-state index contributed by atoms with van der Waals surface area (Å²) in [6.07, 6.45) is -0.360. The molecule has 1 amide bonds. The van der Waals surface area contributed by atoms with Crippen molar-refractivity contribution in [2.45, 2.75) is 40.7 Å². The minimum Gasteiger partial charge on any atom is -0.453 e. The first-order valence-electron chi connectivity index (χ1n) is 4.42. The van der Waals surface area contributed by atoms with Crippen LogP contribution in [0.1, 0.15) is 34.6 Å². The molecule has 0 rings (SSSR count). The van der Waals surface area contributed by atoms with Gasteiger partial charge in [0.2, 0.25) is 0 Å². The van der Waals surface area contributed by atoms with Gasteiger partial charge in [-0.1, -0.05) is 27.7 Å². The molecule has 0 radical (unpaired) electrons. The number of rotatable bonds is 2. The van der Waals surface area contributed by atoms with Gasteiger partial charge in [0.25, 0.3) is 0 Å². The number of alkyl carbamates (subject to hydrolysis) is 1. The van der Waals surface area contributed by atoms with E-state index in [1.165, 1.54) is 7.11 Å². The first-order chi connectivity index (χ1) is 5.57. The summed E-state index contributed by atoms with van der Waals surface area (Å²) in [4.78, 5) is 10.6. The van der Waals surface area contributed by atoms with E-state index >= 15 is 0 Å². The number of carbonyl (C=O) groups excluding carboxylic acids is 1. The Morgan fingerprint density at radius 3 is 1.92 bits per heavy atom. The zero-order valence-corrected chi connectivity index (χ0v) is 8.97. The van der Waals surface area contributed by atoms with Gasteiger partial charge in [0, 0.05) is 6.04 Å². The smallest absolute Gasteiger partial charge is 0.407 e. The van der Waals surface area contributed by atoms with Crippen LogP contribution in [0.3, 0.4) is 0 Å². The highest BCUT2D eigenvalue weighted by molar-refractivity contribution is 5.67. The summed E-state index contributed by atoms with van der Waals surface area (Å²) in [5.74, 6) is 0.444. The molecule has 0 fully saturated rings. The minimum absolute atomic E-state index is 0.174. The maximum absolute atomic E-state index is 10.6. The molecule has 0 heterocycles. The fourth-order valence-corrected chi connectivity index (χ4v) is 0.411. The lowest BCUT2D eigenvalue weighted by Gasteiger charge is -2.15. The number of carbonyl (C=O) groups is 1. The molecule has 3 heteroatoms. The topological polar surface area (TPSA) is 38.3 Å². The molecule has 3 nitrogen and oxygen atoms in total. The Bertz CT molecular complexity index is 113. The lowest BCUT2D eigenvalue weighted by Crippen LogP contribution is -2.35. The predicted molar refractivity (Wildman–Crippen MR) is 51.2 cm³/mol. The third-order valence-electron chi connectivity index (χ3n) is 1.53. The molecular weight excluding hydrogens is 154 g/mol. The van der Waals surface area contributed by atoms with E-state index in [1.54, 1.807) is 0 Å². The molecule has 1 N–H and O–H groups in total. The summed E-state index contributed by atoms with van der Waals surface area (Å²) in [5, 5.41) is 2.67. The van der Waals surface area contributed by atoms with Crippen LogP contribution in [0.5, 0.6) is 0 Å². The van der Waals surface area contributed by atoms with Crippen LogP contribution in [-0.2, 0) is 4.74 Å². The lowest BCUT2D eigenvalue weighted by atomic mass is 10.1. The highest BCUT2D eigenvalue weighted by atomic mass is 16.5. The van der Waals surface area contributed by atoms with Crippen LogP contribution < -0.4 is 5.32 Å². The number of hydrogen-bond donors (Lipinski definition) is 1. The van der Waals surface area contributed by atoms with E-state index < -0.39 is 0 Å². The van der Waals surface area contributed by atoms with Crippen molar-refractivity contribution in [1.29, 1.82) is 0 Å². The molecule has 0 aromatic carbocycles. The molecule has 0 aliphatic carbocycles. The summed E-state index contributed by atoms with van der Waals surface area (Å²) in [6.45, 7) is 10.0. The van der Waals surface area contributed by atoms with Crippen LogP contribution in [0.4, 0.5) is 4.79 Å². The van der Waals surface area contributed by atoms with Crippen molar-refractivity contribution in [2.75, 3.05) is 7.11 Å². The minimum atomic E-state index is -0.360. The molecule has 0 bridgehead atoms. The molecule has 12 heavy (non-hydrogen) atoms. The quantitative estimate of drug-likeness (QED) is 0.700. The summed E-state index contributed by atoms with van der Waals surface area (Å²) < 4.78 is 4.42. The zero-order valence-electron chi connectivity index (χ0n) is 8.97. The molecule has 0 aromatic rings. The van der Waals surface area contributed by atoms with Crippen LogP contribution in [0.25, 0.3) is 0 Å². The van der Waals surface area contributed by atoms with Gasteiger partial charge in [-0.3, -0.25) is 0 Å². The van der Waals surface area contributed by atoms with Crippen molar-refractivity contribution in [2.24, 2.45) is 5.92 Å². The molecule has 74 valence electrons. The van der Waals surface area contributed by atoms with Gasteiger partial charge in [-0.15, -0.1) is 0 Å². The molecule has 0 spiro atoms. The third kappa shape index (κ3) is 7.38. The average Bonchev–Trinajstić information content (AvgIpc) is 2.07. The molecule has 1 atom stereocenters.